The Balaban J connectivity index is 2.12. The minimum absolute atomic E-state index is 0.377. The Labute approximate surface area is 119 Å². The molecule has 7 heteroatoms. The van der Waals surface area contributed by atoms with Gasteiger partial charge in [0.1, 0.15) is 6.04 Å². The number of benzene rings is 1. The van der Waals surface area contributed by atoms with Gasteiger partial charge in [-0.15, -0.1) is 11.8 Å². The first-order valence-electron chi connectivity index (χ1n) is 5.63. The van der Waals surface area contributed by atoms with Crippen molar-refractivity contribution in [3.05, 3.63) is 28.8 Å². The van der Waals surface area contributed by atoms with Crippen LogP contribution in [-0.2, 0) is 4.79 Å². The molecule has 2 amide bonds. The predicted molar refractivity (Wildman–Crippen MR) is 75.8 cm³/mol. The van der Waals surface area contributed by atoms with Crippen LogP contribution in [0.2, 0.25) is 5.02 Å². The lowest BCUT2D eigenvalue weighted by molar-refractivity contribution is -0.140. The van der Waals surface area contributed by atoms with E-state index in [0.717, 1.165) is 5.56 Å². The van der Waals surface area contributed by atoms with Crippen LogP contribution in [0.25, 0.3) is 0 Å². The van der Waals surface area contributed by atoms with Crippen molar-refractivity contribution in [1.29, 1.82) is 0 Å². The van der Waals surface area contributed by atoms with Gasteiger partial charge in [0, 0.05) is 16.5 Å². The van der Waals surface area contributed by atoms with Crippen molar-refractivity contribution in [2.24, 2.45) is 0 Å². The Kier molecular flexibility index (Phi) is 4.21. The fourth-order valence-electron chi connectivity index (χ4n) is 1.76. The largest absolute Gasteiger partial charge is 0.480 e. The molecule has 1 heterocycles. The number of halogens is 1. The zero-order valence-corrected chi connectivity index (χ0v) is 11.8. The zero-order valence-electron chi connectivity index (χ0n) is 10.2. The standard InChI is InChI=1S/C12H13ClN2O3S/c1-7-2-3-8(13)4-9(7)14-12(18)15-6-19-5-10(15)11(16)17/h2-4,10H,5-6H2,1H3,(H,14,18)(H,16,17)/t10-/m0/s1. The maximum absolute atomic E-state index is 12.1. The second kappa shape index (κ2) is 5.71. The molecular formula is C12H13ClN2O3S. The number of aliphatic carboxylic acids is 1. The van der Waals surface area contributed by atoms with Crippen LogP contribution in [-0.4, -0.2) is 39.7 Å². The maximum atomic E-state index is 12.1. The van der Waals surface area contributed by atoms with E-state index < -0.39 is 18.0 Å². The fourth-order valence-corrected chi connectivity index (χ4v) is 3.08. The Morgan fingerprint density at radius 2 is 2.26 bits per heavy atom. The Bertz CT molecular complexity index is 524. The van der Waals surface area contributed by atoms with Crippen LogP contribution < -0.4 is 5.32 Å². The molecule has 2 N–H and O–H groups in total. The average molecular weight is 301 g/mol. The highest BCUT2D eigenvalue weighted by molar-refractivity contribution is 7.99. The van der Waals surface area contributed by atoms with Gasteiger partial charge in [-0.2, -0.15) is 0 Å². The van der Waals surface area contributed by atoms with Crippen molar-refractivity contribution >= 4 is 41.1 Å². The molecule has 0 aromatic heterocycles. The van der Waals surface area contributed by atoms with Gasteiger partial charge in [0.25, 0.3) is 0 Å². The SMILES string of the molecule is Cc1ccc(Cl)cc1NC(=O)N1CSC[C@H]1C(=O)O. The molecule has 2 rings (SSSR count). The number of rotatable bonds is 2. The van der Waals surface area contributed by atoms with Gasteiger partial charge in [-0.1, -0.05) is 17.7 Å². The number of nitrogens with zero attached hydrogens (tertiary/aromatic N) is 1. The molecule has 1 aliphatic rings. The number of thioether (sulfide) groups is 1. The van der Waals surface area contributed by atoms with Crippen LogP contribution in [0.3, 0.4) is 0 Å². The fraction of sp³-hybridized carbons (Fsp3) is 0.333. The van der Waals surface area contributed by atoms with E-state index in [4.69, 9.17) is 16.7 Å². The van der Waals surface area contributed by atoms with E-state index in [1.54, 1.807) is 18.2 Å². The third kappa shape index (κ3) is 3.13. The van der Waals surface area contributed by atoms with E-state index in [1.807, 2.05) is 6.92 Å². The number of aryl methyl sites for hydroxylation is 1. The molecule has 1 aliphatic heterocycles. The molecule has 0 bridgehead atoms. The second-order valence-corrected chi connectivity index (χ2v) is 5.65. The molecule has 0 aliphatic carbocycles. The molecule has 19 heavy (non-hydrogen) atoms. The number of anilines is 1. The minimum Gasteiger partial charge on any atom is -0.480 e. The van der Waals surface area contributed by atoms with Crippen molar-refractivity contribution in [2.45, 2.75) is 13.0 Å². The number of hydrogen-bond acceptors (Lipinski definition) is 3. The monoisotopic (exact) mass is 300 g/mol. The highest BCUT2D eigenvalue weighted by Crippen LogP contribution is 2.24. The molecule has 1 fully saturated rings. The molecule has 0 spiro atoms. The predicted octanol–water partition coefficient (Wildman–Crippen LogP) is 2.64. The second-order valence-electron chi connectivity index (χ2n) is 4.21. The van der Waals surface area contributed by atoms with Crippen LogP contribution in [0.1, 0.15) is 5.56 Å². The van der Waals surface area contributed by atoms with E-state index in [9.17, 15) is 9.59 Å². The van der Waals surface area contributed by atoms with E-state index in [-0.39, 0.29) is 0 Å². The van der Waals surface area contributed by atoms with Gasteiger partial charge in [-0.3, -0.25) is 0 Å². The van der Waals surface area contributed by atoms with Crippen molar-refractivity contribution < 1.29 is 14.7 Å². The van der Waals surface area contributed by atoms with Crippen molar-refractivity contribution in [1.82, 2.24) is 4.90 Å². The van der Waals surface area contributed by atoms with Crippen LogP contribution in [0.4, 0.5) is 10.5 Å². The molecule has 0 saturated carbocycles. The van der Waals surface area contributed by atoms with Gasteiger partial charge < -0.3 is 15.3 Å². The summed E-state index contributed by atoms with van der Waals surface area (Å²) in [5.74, 6) is -0.192. The van der Waals surface area contributed by atoms with E-state index in [1.165, 1.54) is 16.7 Å². The molecule has 1 aromatic rings. The Hall–Kier alpha value is -1.40. The normalized spacial score (nSPS) is 18.4. The van der Waals surface area contributed by atoms with Crippen LogP contribution in [0.15, 0.2) is 18.2 Å². The molecule has 0 radical (unpaired) electrons. The van der Waals surface area contributed by atoms with Gasteiger partial charge in [0.15, 0.2) is 0 Å². The molecule has 5 nitrogen and oxygen atoms in total. The van der Waals surface area contributed by atoms with Gasteiger partial charge in [0.05, 0.1) is 5.88 Å². The summed E-state index contributed by atoms with van der Waals surface area (Å²) in [5, 5.41) is 12.3. The van der Waals surface area contributed by atoms with Crippen LogP contribution >= 0.6 is 23.4 Å². The average Bonchev–Trinajstić information content (AvgIpc) is 2.83. The Morgan fingerprint density at radius 1 is 1.53 bits per heavy atom. The van der Waals surface area contributed by atoms with Gasteiger partial charge >= 0.3 is 12.0 Å². The number of amides is 2. The zero-order chi connectivity index (χ0) is 14.0. The highest BCUT2D eigenvalue weighted by atomic mass is 35.5. The first-order chi connectivity index (χ1) is 8.99. The van der Waals surface area contributed by atoms with E-state index in [0.29, 0.717) is 22.3 Å². The first-order valence-corrected chi connectivity index (χ1v) is 7.16. The summed E-state index contributed by atoms with van der Waals surface area (Å²) in [6.07, 6.45) is 0. The summed E-state index contributed by atoms with van der Waals surface area (Å²) < 4.78 is 0. The number of carboxylic acids is 1. The Morgan fingerprint density at radius 3 is 2.95 bits per heavy atom. The lowest BCUT2D eigenvalue weighted by Crippen LogP contribution is -2.44. The number of carboxylic acid groups (broad SMARTS) is 1. The highest BCUT2D eigenvalue weighted by Gasteiger charge is 2.34. The number of urea groups is 1. The summed E-state index contributed by atoms with van der Waals surface area (Å²) in [6.45, 7) is 1.85. The van der Waals surface area contributed by atoms with E-state index in [2.05, 4.69) is 5.32 Å². The number of hydrogen-bond donors (Lipinski definition) is 2. The molecule has 1 saturated heterocycles. The van der Waals surface area contributed by atoms with Crippen LogP contribution in [0.5, 0.6) is 0 Å². The number of carbonyl (C=O) groups excluding carboxylic acids is 1. The third-order valence-electron chi connectivity index (χ3n) is 2.87. The quantitative estimate of drug-likeness (QED) is 0.881. The summed E-state index contributed by atoms with van der Waals surface area (Å²) in [4.78, 5) is 24.4. The first kappa shape index (κ1) is 14.0. The molecule has 1 atom stereocenters. The van der Waals surface area contributed by atoms with Gasteiger partial charge in [-0.05, 0) is 24.6 Å². The van der Waals surface area contributed by atoms with Crippen molar-refractivity contribution in [3.8, 4) is 0 Å². The lowest BCUT2D eigenvalue weighted by Gasteiger charge is -2.21. The molecule has 102 valence electrons. The van der Waals surface area contributed by atoms with E-state index >= 15 is 0 Å². The summed E-state index contributed by atoms with van der Waals surface area (Å²) in [7, 11) is 0. The molecule has 0 unspecified atom stereocenters. The minimum atomic E-state index is -0.983. The topological polar surface area (TPSA) is 69.6 Å². The van der Waals surface area contributed by atoms with Crippen LogP contribution in [0, 0.1) is 6.92 Å². The lowest BCUT2D eigenvalue weighted by atomic mass is 10.2. The third-order valence-corrected chi connectivity index (χ3v) is 4.12. The van der Waals surface area contributed by atoms with Crippen molar-refractivity contribution in [3.63, 3.8) is 0 Å². The smallest absolute Gasteiger partial charge is 0.327 e. The summed E-state index contributed by atoms with van der Waals surface area (Å²) in [6, 6.07) is 3.99. The van der Waals surface area contributed by atoms with Gasteiger partial charge in [-0.25, -0.2) is 9.59 Å². The van der Waals surface area contributed by atoms with Crippen molar-refractivity contribution in [2.75, 3.05) is 16.9 Å². The summed E-state index contributed by atoms with van der Waals surface area (Å²) >= 11 is 7.30. The number of carbonyl (C=O) groups is 2. The maximum Gasteiger partial charge on any atom is 0.327 e. The van der Waals surface area contributed by atoms with Gasteiger partial charge in [0.2, 0.25) is 0 Å². The molecular weight excluding hydrogens is 288 g/mol. The summed E-state index contributed by atoms with van der Waals surface area (Å²) in [5.41, 5.74) is 1.47. The molecule has 1 aromatic carbocycles. The number of nitrogens with one attached hydrogen (secondary N) is 1.